The molecule has 1 aliphatic heterocycles. The van der Waals surface area contributed by atoms with E-state index in [0.29, 0.717) is 16.4 Å². The average Bonchev–Trinajstić information content (AvgIpc) is 2.70. The summed E-state index contributed by atoms with van der Waals surface area (Å²) in [7, 11) is -4.12. The molecule has 6 nitrogen and oxygen atoms in total. The molecule has 4 rings (SSSR count). The van der Waals surface area contributed by atoms with Crippen LogP contribution in [0.25, 0.3) is 0 Å². The van der Waals surface area contributed by atoms with Crippen LogP contribution in [0.4, 0.5) is 10.1 Å². The van der Waals surface area contributed by atoms with Crippen LogP contribution in [0, 0.1) is 12.7 Å². The SMILES string of the molecule is Cc1ccc(N=C2N=c3ccccc3=N/C2=N\S(=O)(=O)c2ccc(F)cc2)cc1. The summed E-state index contributed by atoms with van der Waals surface area (Å²) in [5.74, 6) is -0.587. The van der Waals surface area contributed by atoms with Gasteiger partial charge in [0.15, 0.2) is 5.84 Å². The second kappa shape index (κ2) is 7.48. The van der Waals surface area contributed by atoms with Gasteiger partial charge in [0.2, 0.25) is 5.84 Å². The molecule has 8 heteroatoms. The summed E-state index contributed by atoms with van der Waals surface area (Å²) in [6.07, 6.45) is 0. The van der Waals surface area contributed by atoms with E-state index in [0.717, 1.165) is 29.8 Å². The van der Waals surface area contributed by atoms with Crippen molar-refractivity contribution in [2.24, 2.45) is 19.4 Å². The topological polar surface area (TPSA) is 83.6 Å². The Morgan fingerprint density at radius 1 is 0.793 bits per heavy atom. The maximum absolute atomic E-state index is 13.1. The van der Waals surface area contributed by atoms with E-state index in [4.69, 9.17) is 0 Å². The highest BCUT2D eigenvalue weighted by atomic mass is 32.2. The van der Waals surface area contributed by atoms with Gasteiger partial charge in [-0.05, 0) is 55.5 Å². The van der Waals surface area contributed by atoms with Crippen LogP contribution >= 0.6 is 0 Å². The molecule has 0 atom stereocenters. The van der Waals surface area contributed by atoms with Gasteiger partial charge in [0.1, 0.15) is 5.82 Å². The number of nitrogens with zero attached hydrogens (tertiary/aromatic N) is 4. The lowest BCUT2D eigenvalue weighted by atomic mass is 10.2. The van der Waals surface area contributed by atoms with E-state index in [1.54, 1.807) is 36.4 Å². The Balaban J connectivity index is 1.88. The fraction of sp³-hybridized carbons (Fsp3) is 0.0476. The molecule has 0 saturated heterocycles. The minimum atomic E-state index is -4.12. The van der Waals surface area contributed by atoms with Crippen molar-refractivity contribution >= 4 is 27.4 Å². The monoisotopic (exact) mass is 406 g/mol. The number of benzene rings is 3. The number of sulfonamides is 1. The molecule has 0 fully saturated rings. The van der Waals surface area contributed by atoms with Crippen molar-refractivity contribution in [2.75, 3.05) is 0 Å². The highest BCUT2D eigenvalue weighted by molar-refractivity contribution is 7.90. The Morgan fingerprint density at radius 3 is 2.00 bits per heavy atom. The van der Waals surface area contributed by atoms with Crippen molar-refractivity contribution in [1.29, 1.82) is 0 Å². The molecule has 0 N–H and O–H groups in total. The van der Waals surface area contributed by atoms with Crippen molar-refractivity contribution in [3.8, 4) is 0 Å². The van der Waals surface area contributed by atoms with E-state index < -0.39 is 15.8 Å². The molecule has 0 unspecified atom stereocenters. The van der Waals surface area contributed by atoms with Crippen LogP contribution in [0.15, 0.2) is 97.1 Å². The molecule has 0 aliphatic carbocycles. The van der Waals surface area contributed by atoms with Crippen molar-refractivity contribution in [2.45, 2.75) is 11.8 Å². The van der Waals surface area contributed by atoms with Gasteiger partial charge in [-0.15, -0.1) is 4.40 Å². The molecule has 3 aromatic carbocycles. The summed E-state index contributed by atoms with van der Waals surface area (Å²) in [6, 6.07) is 18.8. The third-order valence-corrected chi connectivity index (χ3v) is 5.40. The second-order valence-electron chi connectivity index (χ2n) is 6.33. The second-order valence-corrected chi connectivity index (χ2v) is 7.93. The third-order valence-electron chi connectivity index (χ3n) is 4.12. The number of amidine groups is 2. The standard InChI is InChI=1S/C21H15FN4O2S/c1-14-6-10-16(11-7-14)23-20-21(25-19-5-3-2-4-18(19)24-20)26-29(27,28)17-12-8-15(22)9-13-17/h2-13H,1H3/b23-20?,26-21-. The lowest BCUT2D eigenvalue weighted by Gasteiger charge is -2.07. The molecule has 29 heavy (non-hydrogen) atoms. The van der Waals surface area contributed by atoms with Crippen LogP contribution in [0.5, 0.6) is 0 Å². The van der Waals surface area contributed by atoms with Crippen LogP contribution in [0.1, 0.15) is 5.56 Å². The molecule has 1 aliphatic rings. The minimum Gasteiger partial charge on any atom is -0.226 e. The fourth-order valence-electron chi connectivity index (χ4n) is 2.63. The molecule has 144 valence electrons. The summed E-state index contributed by atoms with van der Waals surface area (Å²) in [6.45, 7) is 1.95. The zero-order valence-electron chi connectivity index (χ0n) is 15.3. The Labute approximate surface area is 166 Å². The number of fused-ring (bicyclic) bond motifs is 1. The van der Waals surface area contributed by atoms with Gasteiger partial charge in [-0.1, -0.05) is 29.8 Å². The zero-order chi connectivity index (χ0) is 20.4. The van der Waals surface area contributed by atoms with E-state index in [2.05, 4.69) is 19.4 Å². The third kappa shape index (κ3) is 4.17. The predicted octanol–water partition coefficient (Wildman–Crippen LogP) is 2.90. The van der Waals surface area contributed by atoms with Crippen LogP contribution in [0.3, 0.4) is 0 Å². The maximum atomic E-state index is 13.1. The highest BCUT2D eigenvalue weighted by Gasteiger charge is 2.19. The number of rotatable bonds is 3. The highest BCUT2D eigenvalue weighted by Crippen LogP contribution is 2.16. The summed E-state index contributed by atoms with van der Waals surface area (Å²) in [5, 5.41) is 1.06. The van der Waals surface area contributed by atoms with Crippen LogP contribution in [0.2, 0.25) is 0 Å². The van der Waals surface area contributed by atoms with Crippen LogP contribution in [-0.4, -0.2) is 20.1 Å². The lowest BCUT2D eigenvalue weighted by Crippen LogP contribution is -2.34. The zero-order valence-corrected chi connectivity index (χ0v) is 16.1. The van der Waals surface area contributed by atoms with E-state index in [1.807, 2.05) is 19.1 Å². The van der Waals surface area contributed by atoms with Crippen molar-refractivity contribution in [1.82, 2.24) is 0 Å². The molecule has 0 radical (unpaired) electrons. The maximum Gasteiger partial charge on any atom is 0.284 e. The molecule has 0 bridgehead atoms. The largest absolute Gasteiger partial charge is 0.284 e. The summed E-state index contributed by atoms with van der Waals surface area (Å²) < 4.78 is 42.4. The normalized spacial score (nSPS) is 16.2. The van der Waals surface area contributed by atoms with Crippen LogP contribution in [-0.2, 0) is 10.0 Å². The Hall–Kier alpha value is -3.52. The Morgan fingerprint density at radius 2 is 1.38 bits per heavy atom. The fourth-order valence-corrected chi connectivity index (χ4v) is 3.57. The smallest absolute Gasteiger partial charge is 0.226 e. The molecule has 0 aromatic heterocycles. The van der Waals surface area contributed by atoms with E-state index in [1.165, 1.54) is 0 Å². The summed E-state index contributed by atoms with van der Waals surface area (Å²) in [5.41, 5.74) is 1.66. The van der Waals surface area contributed by atoms with Gasteiger partial charge in [-0.3, -0.25) is 0 Å². The van der Waals surface area contributed by atoms with Gasteiger partial charge >= 0.3 is 0 Å². The van der Waals surface area contributed by atoms with E-state index in [9.17, 15) is 12.8 Å². The van der Waals surface area contributed by atoms with Crippen molar-refractivity contribution in [3.63, 3.8) is 0 Å². The van der Waals surface area contributed by atoms with Gasteiger partial charge in [-0.25, -0.2) is 19.4 Å². The number of hydrogen-bond donors (Lipinski definition) is 0. The number of hydrogen-bond acceptors (Lipinski definition) is 3. The molecular formula is C21H15FN4O2S. The number of aryl methyl sites for hydroxylation is 1. The predicted molar refractivity (Wildman–Crippen MR) is 108 cm³/mol. The first-order valence-electron chi connectivity index (χ1n) is 8.69. The van der Waals surface area contributed by atoms with Gasteiger partial charge in [0, 0.05) is 0 Å². The summed E-state index contributed by atoms with van der Waals surface area (Å²) in [4.78, 5) is 13.1. The van der Waals surface area contributed by atoms with Crippen molar-refractivity contribution in [3.05, 3.63) is 94.9 Å². The molecule has 1 heterocycles. The molecule has 0 amide bonds. The van der Waals surface area contributed by atoms with Crippen molar-refractivity contribution < 1.29 is 12.8 Å². The average molecular weight is 406 g/mol. The van der Waals surface area contributed by atoms with Gasteiger partial charge < -0.3 is 0 Å². The van der Waals surface area contributed by atoms with Gasteiger partial charge in [-0.2, -0.15) is 8.42 Å². The van der Waals surface area contributed by atoms with Gasteiger partial charge in [0.25, 0.3) is 10.0 Å². The Kier molecular flexibility index (Phi) is 4.85. The molecule has 0 spiro atoms. The van der Waals surface area contributed by atoms with E-state index in [-0.39, 0.29) is 16.6 Å². The first-order chi connectivity index (χ1) is 13.9. The number of aliphatic imine (C=N–C) groups is 1. The molecule has 3 aromatic rings. The molecule has 0 saturated carbocycles. The minimum absolute atomic E-state index is 0.0817. The first-order valence-corrected chi connectivity index (χ1v) is 10.1. The quantitative estimate of drug-likeness (QED) is 0.670. The number of para-hydroxylation sites is 2. The van der Waals surface area contributed by atoms with Gasteiger partial charge in [0.05, 0.1) is 21.3 Å². The summed E-state index contributed by atoms with van der Waals surface area (Å²) >= 11 is 0. The van der Waals surface area contributed by atoms with E-state index >= 15 is 0 Å². The Bertz CT molecular complexity index is 1360. The first kappa shape index (κ1) is 18.8. The van der Waals surface area contributed by atoms with Crippen LogP contribution < -0.4 is 10.7 Å². The number of halogens is 1. The molecular weight excluding hydrogens is 391 g/mol. The lowest BCUT2D eigenvalue weighted by molar-refractivity contribution is 0.596.